The second kappa shape index (κ2) is 5.42. The fourth-order valence-electron chi connectivity index (χ4n) is 1.53. The van der Waals surface area contributed by atoms with Crippen LogP contribution in [0.3, 0.4) is 0 Å². The predicted molar refractivity (Wildman–Crippen MR) is 73.4 cm³/mol. The summed E-state index contributed by atoms with van der Waals surface area (Å²) in [5.74, 6) is 0.836. The van der Waals surface area contributed by atoms with Crippen molar-refractivity contribution in [2.24, 2.45) is 5.41 Å². The summed E-state index contributed by atoms with van der Waals surface area (Å²) in [5, 5.41) is 0.0437. The van der Waals surface area contributed by atoms with E-state index in [1.54, 1.807) is 7.11 Å². The highest BCUT2D eigenvalue weighted by atomic mass is 79.9. The summed E-state index contributed by atoms with van der Waals surface area (Å²) in [7, 11) is 1.66. The quantitative estimate of drug-likeness (QED) is 0.700. The Hall–Kier alpha value is -0.210. The summed E-state index contributed by atoms with van der Waals surface area (Å²) in [6.07, 6.45) is 0.952. The minimum atomic E-state index is 0.0437. The molecule has 1 aromatic rings. The average Bonchev–Trinajstić information content (AvgIpc) is 2.15. The summed E-state index contributed by atoms with van der Waals surface area (Å²) in [5.41, 5.74) is 1.36. The fourth-order valence-corrected chi connectivity index (χ4v) is 2.69. The van der Waals surface area contributed by atoms with Gasteiger partial charge in [0.05, 0.1) is 17.0 Å². The summed E-state index contributed by atoms with van der Waals surface area (Å²) in [6, 6.07) is 5.99. The van der Waals surface area contributed by atoms with Crippen molar-refractivity contribution in [3.8, 4) is 5.75 Å². The van der Waals surface area contributed by atoms with Gasteiger partial charge in [0, 0.05) is 0 Å². The fraction of sp³-hybridized carbons (Fsp3) is 0.538. The van der Waals surface area contributed by atoms with E-state index in [9.17, 15) is 0 Å². The van der Waals surface area contributed by atoms with Gasteiger partial charge in [-0.1, -0.05) is 26.8 Å². The Morgan fingerprint density at radius 1 is 1.38 bits per heavy atom. The van der Waals surface area contributed by atoms with Crippen LogP contribution in [0.2, 0.25) is 0 Å². The molecule has 0 fully saturated rings. The Morgan fingerprint density at radius 3 is 2.44 bits per heavy atom. The molecule has 90 valence electrons. The van der Waals surface area contributed by atoms with Crippen LogP contribution in [-0.4, -0.2) is 7.11 Å². The Kier molecular flexibility index (Phi) is 4.69. The lowest BCUT2D eigenvalue weighted by molar-refractivity contribution is 0.372. The average molecular weight is 306 g/mol. The number of rotatable bonds is 3. The lowest BCUT2D eigenvalue weighted by Gasteiger charge is -2.22. The van der Waals surface area contributed by atoms with Crippen molar-refractivity contribution < 1.29 is 4.74 Å². The number of benzene rings is 1. The van der Waals surface area contributed by atoms with E-state index in [2.05, 4.69) is 36.7 Å². The molecule has 3 heteroatoms. The molecule has 0 aliphatic rings. The van der Waals surface area contributed by atoms with Crippen LogP contribution in [0.4, 0.5) is 0 Å². The summed E-state index contributed by atoms with van der Waals surface area (Å²) < 4.78 is 6.14. The Balaban J connectivity index is 2.85. The van der Waals surface area contributed by atoms with Gasteiger partial charge in [0.2, 0.25) is 0 Å². The first-order valence-electron chi connectivity index (χ1n) is 5.31. The molecule has 0 bridgehead atoms. The Morgan fingerprint density at radius 2 is 2.00 bits per heavy atom. The van der Waals surface area contributed by atoms with Crippen molar-refractivity contribution in [2.45, 2.75) is 32.6 Å². The summed E-state index contributed by atoms with van der Waals surface area (Å²) in [4.78, 5) is 0. The van der Waals surface area contributed by atoms with Gasteiger partial charge in [-0.05, 0) is 45.5 Å². The van der Waals surface area contributed by atoms with Crippen LogP contribution in [0.5, 0.6) is 5.75 Å². The zero-order valence-electron chi connectivity index (χ0n) is 10.2. The smallest absolute Gasteiger partial charge is 0.133 e. The molecule has 0 saturated carbocycles. The van der Waals surface area contributed by atoms with Crippen molar-refractivity contribution >= 4 is 27.5 Å². The molecule has 1 nitrogen and oxygen atoms in total. The van der Waals surface area contributed by atoms with E-state index < -0.39 is 0 Å². The maximum absolute atomic E-state index is 6.40. The number of hydrogen-bond donors (Lipinski definition) is 0. The molecule has 0 radical (unpaired) electrons. The molecule has 0 saturated heterocycles. The standard InChI is InChI=1S/C13H18BrClO/c1-13(2,3)8-11(15)9-5-6-12(16-4)10(14)7-9/h5-7,11H,8H2,1-4H3. The molecule has 1 unspecified atom stereocenters. The molecule has 16 heavy (non-hydrogen) atoms. The van der Waals surface area contributed by atoms with Crippen molar-refractivity contribution in [3.05, 3.63) is 28.2 Å². The van der Waals surface area contributed by atoms with Gasteiger partial charge in [-0.25, -0.2) is 0 Å². The van der Waals surface area contributed by atoms with Gasteiger partial charge in [0.15, 0.2) is 0 Å². The van der Waals surface area contributed by atoms with Gasteiger partial charge in [0.25, 0.3) is 0 Å². The van der Waals surface area contributed by atoms with E-state index >= 15 is 0 Å². The van der Waals surface area contributed by atoms with E-state index in [1.165, 1.54) is 0 Å². The van der Waals surface area contributed by atoms with Gasteiger partial charge in [-0.2, -0.15) is 0 Å². The van der Waals surface area contributed by atoms with Crippen LogP contribution in [0.25, 0.3) is 0 Å². The van der Waals surface area contributed by atoms with Crippen molar-refractivity contribution in [2.75, 3.05) is 7.11 Å². The third-order valence-electron chi connectivity index (χ3n) is 2.33. The largest absolute Gasteiger partial charge is 0.496 e. The summed E-state index contributed by atoms with van der Waals surface area (Å²) >= 11 is 9.87. The molecular weight excluding hydrogens is 287 g/mol. The molecule has 0 heterocycles. The number of hydrogen-bond acceptors (Lipinski definition) is 1. The van der Waals surface area contributed by atoms with Crippen LogP contribution in [-0.2, 0) is 0 Å². The van der Waals surface area contributed by atoms with Crippen LogP contribution in [0, 0.1) is 5.41 Å². The second-order valence-corrected chi connectivity index (χ2v) is 6.51. The van der Waals surface area contributed by atoms with Crippen LogP contribution >= 0.6 is 27.5 Å². The molecule has 1 atom stereocenters. The first-order chi connectivity index (χ1) is 7.33. The molecule has 0 aliphatic heterocycles. The zero-order chi connectivity index (χ0) is 12.3. The van der Waals surface area contributed by atoms with Gasteiger partial charge >= 0.3 is 0 Å². The van der Waals surface area contributed by atoms with Crippen LogP contribution in [0.1, 0.15) is 38.1 Å². The lowest BCUT2D eigenvalue weighted by atomic mass is 9.88. The first-order valence-corrected chi connectivity index (χ1v) is 6.54. The van der Waals surface area contributed by atoms with Gasteiger partial charge < -0.3 is 4.74 Å². The lowest BCUT2D eigenvalue weighted by Crippen LogP contribution is -2.08. The van der Waals surface area contributed by atoms with E-state index in [0.29, 0.717) is 0 Å². The molecule has 0 spiro atoms. The highest BCUT2D eigenvalue weighted by Gasteiger charge is 2.18. The Bertz CT molecular complexity index is 357. The van der Waals surface area contributed by atoms with E-state index in [0.717, 1.165) is 22.2 Å². The van der Waals surface area contributed by atoms with Gasteiger partial charge in [-0.3, -0.25) is 0 Å². The maximum atomic E-state index is 6.40. The monoisotopic (exact) mass is 304 g/mol. The van der Waals surface area contributed by atoms with Crippen molar-refractivity contribution in [1.82, 2.24) is 0 Å². The second-order valence-electron chi connectivity index (χ2n) is 5.13. The molecule has 0 amide bonds. The van der Waals surface area contributed by atoms with Crippen molar-refractivity contribution in [3.63, 3.8) is 0 Å². The van der Waals surface area contributed by atoms with E-state index in [4.69, 9.17) is 16.3 Å². The number of ether oxygens (including phenoxy) is 1. The van der Waals surface area contributed by atoms with E-state index in [1.807, 2.05) is 18.2 Å². The van der Waals surface area contributed by atoms with Crippen molar-refractivity contribution in [1.29, 1.82) is 0 Å². The zero-order valence-corrected chi connectivity index (χ0v) is 12.5. The number of halogens is 2. The van der Waals surface area contributed by atoms with Crippen LogP contribution in [0.15, 0.2) is 22.7 Å². The molecule has 0 N–H and O–H groups in total. The van der Waals surface area contributed by atoms with Crippen LogP contribution < -0.4 is 4.74 Å². The van der Waals surface area contributed by atoms with E-state index in [-0.39, 0.29) is 10.8 Å². The number of methoxy groups -OCH3 is 1. The molecule has 0 aliphatic carbocycles. The summed E-state index contributed by atoms with van der Waals surface area (Å²) in [6.45, 7) is 6.59. The third-order valence-corrected chi connectivity index (χ3v) is 3.36. The van der Waals surface area contributed by atoms with Gasteiger partial charge in [-0.15, -0.1) is 11.6 Å². The Labute approximate surface area is 111 Å². The number of alkyl halides is 1. The first kappa shape index (κ1) is 13.9. The minimum absolute atomic E-state index is 0.0437. The molecule has 1 rings (SSSR count). The highest BCUT2D eigenvalue weighted by molar-refractivity contribution is 9.10. The normalized spacial score (nSPS) is 13.6. The maximum Gasteiger partial charge on any atom is 0.133 e. The highest BCUT2D eigenvalue weighted by Crippen LogP contribution is 2.36. The predicted octanol–water partition coefficient (Wildman–Crippen LogP) is 5.17. The third kappa shape index (κ3) is 3.99. The molecule has 1 aromatic carbocycles. The molecule has 0 aromatic heterocycles. The molecular formula is C13H18BrClO. The SMILES string of the molecule is COc1ccc(C(Cl)CC(C)(C)C)cc1Br. The minimum Gasteiger partial charge on any atom is -0.496 e. The van der Waals surface area contributed by atoms with Gasteiger partial charge in [0.1, 0.15) is 5.75 Å². The topological polar surface area (TPSA) is 9.23 Å².